The largest absolute Gasteiger partial charge is 0.347 e. The van der Waals surface area contributed by atoms with E-state index in [1.807, 2.05) is 38.1 Å². The molecule has 1 fully saturated rings. The number of benzene rings is 1. The van der Waals surface area contributed by atoms with E-state index in [1.54, 1.807) is 0 Å². The van der Waals surface area contributed by atoms with Gasteiger partial charge < -0.3 is 10.6 Å². The Morgan fingerprint density at radius 3 is 2.60 bits per heavy atom. The molecule has 0 spiro atoms. The minimum atomic E-state index is -0.337. The van der Waals surface area contributed by atoms with Crippen LogP contribution in [0.15, 0.2) is 28.7 Å². The number of carbonyl (C=O) groups is 1. The van der Waals surface area contributed by atoms with Gasteiger partial charge >= 0.3 is 0 Å². The van der Waals surface area contributed by atoms with Crippen LogP contribution in [0.4, 0.5) is 0 Å². The molecule has 0 saturated carbocycles. The van der Waals surface area contributed by atoms with Crippen molar-refractivity contribution in [2.75, 3.05) is 6.54 Å². The molecule has 5 heteroatoms. The molecule has 1 aliphatic heterocycles. The van der Waals surface area contributed by atoms with Crippen molar-refractivity contribution >= 4 is 34.2 Å². The van der Waals surface area contributed by atoms with Gasteiger partial charge in [0.05, 0.1) is 5.54 Å². The van der Waals surface area contributed by atoms with Crippen molar-refractivity contribution in [1.82, 2.24) is 10.6 Å². The molecule has 1 unspecified atom stereocenters. The summed E-state index contributed by atoms with van der Waals surface area (Å²) in [6.07, 6.45) is 2.85. The van der Waals surface area contributed by atoms with Crippen LogP contribution in [0.5, 0.6) is 0 Å². The van der Waals surface area contributed by atoms with Gasteiger partial charge in [0.25, 0.3) is 0 Å². The molecule has 0 bridgehead atoms. The third-order valence-corrected chi connectivity index (χ3v) is 4.14. The van der Waals surface area contributed by atoms with E-state index < -0.39 is 0 Å². The molecule has 1 atom stereocenters. The van der Waals surface area contributed by atoms with Gasteiger partial charge in [-0.3, -0.25) is 4.79 Å². The van der Waals surface area contributed by atoms with Crippen LogP contribution in [0.2, 0.25) is 0 Å². The average Bonchev–Trinajstić information content (AvgIpc) is 2.81. The maximum Gasteiger partial charge on any atom is 0.222 e. The van der Waals surface area contributed by atoms with E-state index in [0.29, 0.717) is 12.5 Å². The topological polar surface area (TPSA) is 41.1 Å². The second-order valence-electron chi connectivity index (χ2n) is 5.68. The number of amides is 1. The molecule has 3 nitrogen and oxygen atoms in total. The average molecular weight is 362 g/mol. The summed E-state index contributed by atoms with van der Waals surface area (Å²) in [4.78, 5) is 12.1. The third-order valence-electron chi connectivity index (χ3n) is 3.61. The number of rotatable bonds is 4. The Bertz CT molecular complexity index is 442. The second-order valence-corrected chi connectivity index (χ2v) is 6.59. The SMILES string of the molecule is CC(C)(NC(=O)CC1CCCN1)c1ccc(Br)cc1.Cl. The predicted molar refractivity (Wildman–Crippen MR) is 88.2 cm³/mol. The van der Waals surface area contributed by atoms with Crippen molar-refractivity contribution in [1.29, 1.82) is 0 Å². The fourth-order valence-corrected chi connectivity index (χ4v) is 2.76. The number of hydrogen-bond donors (Lipinski definition) is 2. The van der Waals surface area contributed by atoms with Crippen LogP contribution >= 0.6 is 28.3 Å². The minimum Gasteiger partial charge on any atom is -0.347 e. The maximum atomic E-state index is 12.1. The Kier molecular flexibility index (Phi) is 6.49. The Balaban J connectivity index is 0.00000200. The van der Waals surface area contributed by atoms with E-state index in [9.17, 15) is 4.79 Å². The molecule has 1 amide bonds. The lowest BCUT2D eigenvalue weighted by molar-refractivity contribution is -0.123. The zero-order valence-corrected chi connectivity index (χ0v) is 14.3. The molecule has 0 aliphatic carbocycles. The van der Waals surface area contributed by atoms with Gasteiger partial charge in [0, 0.05) is 16.9 Å². The van der Waals surface area contributed by atoms with Gasteiger partial charge in [-0.25, -0.2) is 0 Å². The van der Waals surface area contributed by atoms with Crippen molar-refractivity contribution in [2.45, 2.75) is 44.7 Å². The molecule has 1 aliphatic rings. The summed E-state index contributed by atoms with van der Waals surface area (Å²) in [6, 6.07) is 8.43. The van der Waals surface area contributed by atoms with Gasteiger partial charge in [-0.1, -0.05) is 28.1 Å². The molecule has 1 aromatic rings. The van der Waals surface area contributed by atoms with E-state index in [-0.39, 0.29) is 23.9 Å². The number of nitrogens with one attached hydrogen (secondary N) is 2. The minimum absolute atomic E-state index is 0. The summed E-state index contributed by atoms with van der Waals surface area (Å²) in [5, 5.41) is 6.48. The first-order chi connectivity index (χ1) is 8.97. The van der Waals surface area contributed by atoms with Gasteiger partial charge in [0.15, 0.2) is 0 Å². The highest BCUT2D eigenvalue weighted by atomic mass is 79.9. The van der Waals surface area contributed by atoms with E-state index in [4.69, 9.17) is 0 Å². The maximum absolute atomic E-state index is 12.1. The highest BCUT2D eigenvalue weighted by Crippen LogP contribution is 2.22. The van der Waals surface area contributed by atoms with Crippen molar-refractivity contribution in [3.05, 3.63) is 34.3 Å². The van der Waals surface area contributed by atoms with E-state index >= 15 is 0 Å². The van der Waals surface area contributed by atoms with Crippen molar-refractivity contribution in [2.24, 2.45) is 0 Å². The lowest BCUT2D eigenvalue weighted by Crippen LogP contribution is -2.43. The smallest absolute Gasteiger partial charge is 0.222 e. The molecule has 112 valence electrons. The first-order valence-corrected chi connectivity index (χ1v) is 7.57. The number of halogens is 2. The van der Waals surface area contributed by atoms with Crippen LogP contribution in [-0.2, 0) is 10.3 Å². The highest BCUT2D eigenvalue weighted by molar-refractivity contribution is 9.10. The highest BCUT2D eigenvalue weighted by Gasteiger charge is 2.25. The Hall–Kier alpha value is -0.580. The van der Waals surface area contributed by atoms with Crippen molar-refractivity contribution in [3.8, 4) is 0 Å². The molecular weight excluding hydrogens is 340 g/mol. The van der Waals surface area contributed by atoms with Gasteiger partial charge in [-0.2, -0.15) is 0 Å². The molecule has 0 aromatic heterocycles. The Morgan fingerprint density at radius 1 is 1.40 bits per heavy atom. The van der Waals surface area contributed by atoms with Crippen LogP contribution in [-0.4, -0.2) is 18.5 Å². The van der Waals surface area contributed by atoms with Crippen molar-refractivity contribution < 1.29 is 4.79 Å². The van der Waals surface area contributed by atoms with E-state index in [2.05, 4.69) is 26.6 Å². The third kappa shape index (κ3) is 4.76. The van der Waals surface area contributed by atoms with E-state index in [1.165, 1.54) is 6.42 Å². The quantitative estimate of drug-likeness (QED) is 0.863. The van der Waals surface area contributed by atoms with Crippen molar-refractivity contribution in [3.63, 3.8) is 0 Å². The predicted octanol–water partition coefficient (Wildman–Crippen LogP) is 3.36. The summed E-state index contributed by atoms with van der Waals surface area (Å²) in [5.74, 6) is 0.118. The van der Waals surface area contributed by atoms with Crippen LogP contribution in [0.1, 0.15) is 38.7 Å². The first-order valence-electron chi connectivity index (χ1n) is 6.78. The lowest BCUT2D eigenvalue weighted by Gasteiger charge is -2.27. The van der Waals surface area contributed by atoms with Crippen LogP contribution in [0.3, 0.4) is 0 Å². The summed E-state index contributed by atoms with van der Waals surface area (Å²) in [5.41, 5.74) is 0.777. The molecule has 2 rings (SSSR count). The van der Waals surface area contributed by atoms with Gasteiger partial charge in [-0.05, 0) is 50.9 Å². The fraction of sp³-hybridized carbons (Fsp3) is 0.533. The summed E-state index contributed by atoms with van der Waals surface area (Å²) in [6.45, 7) is 5.11. The molecule has 0 radical (unpaired) electrons. The lowest BCUT2D eigenvalue weighted by atomic mass is 9.94. The summed E-state index contributed by atoms with van der Waals surface area (Å²) >= 11 is 3.43. The van der Waals surface area contributed by atoms with Gasteiger partial charge in [-0.15, -0.1) is 12.4 Å². The summed E-state index contributed by atoms with van der Waals surface area (Å²) in [7, 11) is 0. The summed E-state index contributed by atoms with van der Waals surface area (Å²) < 4.78 is 1.05. The molecule has 2 N–H and O–H groups in total. The standard InChI is InChI=1S/C15H21BrN2O.ClH/c1-15(2,11-5-7-12(16)8-6-11)18-14(19)10-13-4-3-9-17-13;/h5-8,13,17H,3-4,9-10H2,1-2H3,(H,18,19);1H. The van der Waals surface area contributed by atoms with Gasteiger partial charge in [0.1, 0.15) is 0 Å². The van der Waals surface area contributed by atoms with Crippen LogP contribution in [0, 0.1) is 0 Å². The van der Waals surface area contributed by atoms with Crippen LogP contribution < -0.4 is 10.6 Å². The zero-order valence-electron chi connectivity index (χ0n) is 11.9. The number of hydrogen-bond acceptors (Lipinski definition) is 2. The molecule has 1 aromatic carbocycles. The monoisotopic (exact) mass is 360 g/mol. The Morgan fingerprint density at radius 2 is 2.05 bits per heavy atom. The number of carbonyl (C=O) groups excluding carboxylic acids is 1. The molecular formula is C15H22BrClN2O. The van der Waals surface area contributed by atoms with Gasteiger partial charge in [0.2, 0.25) is 5.91 Å². The van der Waals surface area contributed by atoms with E-state index in [0.717, 1.165) is 23.0 Å². The molecule has 1 heterocycles. The zero-order chi connectivity index (χ0) is 13.9. The normalized spacial score (nSPS) is 18.4. The fourth-order valence-electron chi connectivity index (χ4n) is 2.49. The van der Waals surface area contributed by atoms with Crippen LogP contribution in [0.25, 0.3) is 0 Å². The first kappa shape index (κ1) is 17.5. The Labute approximate surface area is 135 Å². The molecule has 1 saturated heterocycles. The molecule has 20 heavy (non-hydrogen) atoms. The second kappa shape index (κ2) is 7.43.